The van der Waals surface area contributed by atoms with Gasteiger partial charge in [0, 0.05) is 11.8 Å². The first-order valence-electron chi connectivity index (χ1n) is 2.75. The molecule has 0 saturated heterocycles. The van der Waals surface area contributed by atoms with E-state index in [-0.39, 0.29) is 6.42 Å². The second kappa shape index (κ2) is 3.82. The van der Waals surface area contributed by atoms with Gasteiger partial charge in [0.15, 0.2) is 4.33 Å². The molecule has 0 rings (SSSR count). The maximum Gasteiger partial charge on any atom is 0.354 e. The van der Waals surface area contributed by atoms with E-state index in [1.54, 1.807) is 0 Å². The Bertz CT molecular complexity index is 129. The van der Waals surface area contributed by atoms with Crippen LogP contribution in [0.25, 0.3) is 0 Å². The fourth-order valence-electron chi connectivity index (χ4n) is 0.469. The lowest BCUT2D eigenvalue weighted by molar-refractivity contribution is 0.0732. The van der Waals surface area contributed by atoms with E-state index >= 15 is 0 Å². The molecule has 0 aliphatic carbocycles. The largest absolute Gasteiger partial charge is 0.354 e. The van der Waals surface area contributed by atoms with E-state index in [4.69, 9.17) is 34.8 Å². The molecular formula is C5H6Cl4F2. The molecule has 11 heavy (non-hydrogen) atoms. The summed E-state index contributed by atoms with van der Waals surface area (Å²) in [6.07, 6.45) is -0.270. The highest BCUT2D eigenvalue weighted by Crippen LogP contribution is 2.45. The van der Waals surface area contributed by atoms with Gasteiger partial charge >= 0.3 is 5.38 Å². The molecule has 0 spiro atoms. The lowest BCUT2D eigenvalue weighted by Gasteiger charge is -2.24. The summed E-state index contributed by atoms with van der Waals surface area (Å²) in [6.45, 7) is 1.50. The Morgan fingerprint density at radius 2 is 1.64 bits per heavy atom. The monoisotopic (exact) mass is 244 g/mol. The van der Waals surface area contributed by atoms with E-state index in [0.717, 1.165) is 0 Å². The van der Waals surface area contributed by atoms with Crippen LogP contribution in [0, 0.1) is 0 Å². The normalized spacial score (nSPS) is 16.6. The fraction of sp³-hybridized carbons (Fsp3) is 1.00. The van der Waals surface area contributed by atoms with Crippen molar-refractivity contribution in [3.05, 3.63) is 0 Å². The molecule has 0 heterocycles. The zero-order valence-electron chi connectivity index (χ0n) is 5.55. The molecule has 0 N–H and O–H groups in total. The van der Waals surface area contributed by atoms with Crippen LogP contribution in [0.3, 0.4) is 0 Å². The Labute approximate surface area is 83.7 Å². The average Bonchev–Trinajstić information content (AvgIpc) is 1.56. The molecule has 1 unspecified atom stereocenters. The molecular weight excluding hydrogens is 240 g/mol. The van der Waals surface area contributed by atoms with Gasteiger partial charge in [-0.3, -0.25) is 0 Å². The van der Waals surface area contributed by atoms with Gasteiger partial charge in [-0.1, -0.05) is 23.2 Å². The minimum atomic E-state index is -3.65. The van der Waals surface area contributed by atoms with Gasteiger partial charge in [-0.25, -0.2) is 0 Å². The molecule has 0 fully saturated rings. The molecule has 0 aromatic heterocycles. The number of halogens is 6. The molecule has 0 aromatic rings. The number of hydrogen-bond donors (Lipinski definition) is 0. The van der Waals surface area contributed by atoms with Crippen LogP contribution in [0.15, 0.2) is 0 Å². The van der Waals surface area contributed by atoms with Gasteiger partial charge < -0.3 is 0 Å². The number of hydrogen-bond acceptors (Lipinski definition) is 0. The third-order valence-electron chi connectivity index (χ3n) is 0.952. The summed E-state index contributed by atoms with van der Waals surface area (Å²) in [7, 11) is 0. The molecule has 0 saturated carbocycles. The summed E-state index contributed by atoms with van der Waals surface area (Å²) >= 11 is 20.4. The summed E-state index contributed by atoms with van der Waals surface area (Å²) in [4.78, 5) is 0. The van der Waals surface area contributed by atoms with Crippen molar-refractivity contribution in [2.24, 2.45) is 0 Å². The quantitative estimate of drug-likeness (QED) is 0.660. The lowest BCUT2D eigenvalue weighted by atomic mass is 10.2. The van der Waals surface area contributed by atoms with Crippen molar-refractivity contribution >= 4 is 46.4 Å². The van der Waals surface area contributed by atoms with Crippen LogP contribution in [-0.4, -0.2) is 15.1 Å². The molecule has 0 amide bonds. The van der Waals surface area contributed by atoms with Crippen molar-refractivity contribution in [2.45, 2.75) is 28.4 Å². The van der Waals surface area contributed by atoms with Crippen LogP contribution in [0.1, 0.15) is 13.3 Å². The SMILES string of the molecule is CC(Cl)CC(Cl)(Cl)C(F)(F)Cl. The van der Waals surface area contributed by atoms with Crippen LogP contribution in [-0.2, 0) is 0 Å². The maximum atomic E-state index is 12.3. The Hall–Kier alpha value is 1.02. The summed E-state index contributed by atoms with van der Waals surface area (Å²) in [5, 5.41) is -4.20. The molecule has 0 aromatic carbocycles. The summed E-state index contributed by atoms with van der Waals surface area (Å²) in [6, 6.07) is 0. The third-order valence-corrected chi connectivity index (χ3v) is 2.41. The Kier molecular flexibility index (Phi) is 4.17. The van der Waals surface area contributed by atoms with Gasteiger partial charge in [0.25, 0.3) is 0 Å². The third kappa shape index (κ3) is 3.97. The lowest BCUT2D eigenvalue weighted by Crippen LogP contribution is -2.34. The maximum absolute atomic E-state index is 12.3. The van der Waals surface area contributed by atoms with Crippen molar-refractivity contribution < 1.29 is 8.78 Å². The average molecular weight is 246 g/mol. The molecule has 0 nitrogen and oxygen atoms in total. The van der Waals surface area contributed by atoms with E-state index in [0.29, 0.717) is 0 Å². The summed E-state index contributed by atoms with van der Waals surface area (Å²) in [5.74, 6) is 0. The van der Waals surface area contributed by atoms with Crippen LogP contribution in [0.5, 0.6) is 0 Å². The van der Waals surface area contributed by atoms with E-state index in [2.05, 4.69) is 11.6 Å². The van der Waals surface area contributed by atoms with Gasteiger partial charge in [-0.05, 0) is 18.5 Å². The predicted molar refractivity (Wildman–Crippen MR) is 45.2 cm³/mol. The van der Waals surface area contributed by atoms with E-state index in [1.807, 2.05) is 0 Å². The second-order valence-corrected chi connectivity index (χ2v) is 4.89. The van der Waals surface area contributed by atoms with Gasteiger partial charge in [0.2, 0.25) is 0 Å². The van der Waals surface area contributed by atoms with Crippen molar-refractivity contribution in [1.29, 1.82) is 0 Å². The first-order chi connectivity index (χ1) is 4.67. The predicted octanol–water partition coefficient (Wildman–Crippen LogP) is 4.01. The first kappa shape index (κ1) is 12.0. The minimum Gasteiger partial charge on any atom is -0.185 e. The van der Waals surface area contributed by atoms with E-state index in [9.17, 15) is 8.78 Å². The van der Waals surface area contributed by atoms with Gasteiger partial charge in [-0.15, -0.1) is 11.6 Å². The van der Waals surface area contributed by atoms with Crippen LogP contribution in [0.2, 0.25) is 0 Å². The highest BCUT2D eigenvalue weighted by Gasteiger charge is 2.50. The van der Waals surface area contributed by atoms with Crippen molar-refractivity contribution in [3.8, 4) is 0 Å². The number of rotatable bonds is 3. The molecule has 0 bridgehead atoms. The molecule has 0 radical (unpaired) electrons. The Balaban J connectivity index is 4.22. The van der Waals surface area contributed by atoms with E-state index in [1.165, 1.54) is 6.92 Å². The Morgan fingerprint density at radius 1 is 1.27 bits per heavy atom. The van der Waals surface area contributed by atoms with Crippen LogP contribution < -0.4 is 0 Å². The first-order valence-corrected chi connectivity index (χ1v) is 4.32. The topological polar surface area (TPSA) is 0 Å². The molecule has 1 atom stereocenters. The fourth-order valence-corrected chi connectivity index (χ4v) is 1.40. The minimum absolute atomic E-state index is 0.270. The zero-order chi connectivity index (χ0) is 9.28. The summed E-state index contributed by atoms with van der Waals surface area (Å²) in [5.41, 5.74) is 0. The zero-order valence-corrected chi connectivity index (χ0v) is 8.58. The van der Waals surface area contributed by atoms with Crippen LogP contribution in [0.4, 0.5) is 8.78 Å². The van der Waals surface area contributed by atoms with Gasteiger partial charge in [0.1, 0.15) is 0 Å². The second-order valence-electron chi connectivity index (χ2n) is 2.19. The highest BCUT2D eigenvalue weighted by molar-refractivity contribution is 6.53. The highest BCUT2D eigenvalue weighted by atomic mass is 35.5. The van der Waals surface area contributed by atoms with Crippen LogP contribution >= 0.6 is 46.4 Å². The molecule has 68 valence electrons. The van der Waals surface area contributed by atoms with Crippen molar-refractivity contribution in [1.82, 2.24) is 0 Å². The van der Waals surface area contributed by atoms with Crippen molar-refractivity contribution in [2.75, 3.05) is 0 Å². The smallest absolute Gasteiger partial charge is 0.185 e. The molecule has 0 aliphatic heterocycles. The Morgan fingerprint density at radius 3 is 1.73 bits per heavy atom. The standard InChI is InChI=1S/C5H6Cl4F2/c1-3(6)2-4(7,8)5(9,10)11/h3H,2H2,1H3. The van der Waals surface area contributed by atoms with Gasteiger partial charge in [0.05, 0.1) is 0 Å². The summed E-state index contributed by atoms with van der Waals surface area (Å²) < 4.78 is 22.3. The van der Waals surface area contributed by atoms with E-state index < -0.39 is 15.1 Å². The number of alkyl halides is 6. The molecule has 6 heteroatoms. The molecule has 0 aliphatic rings. The van der Waals surface area contributed by atoms with Crippen molar-refractivity contribution in [3.63, 3.8) is 0 Å². The van der Waals surface area contributed by atoms with Gasteiger partial charge in [-0.2, -0.15) is 8.78 Å².